The van der Waals surface area contributed by atoms with E-state index in [0.29, 0.717) is 19.4 Å². The second kappa shape index (κ2) is 12.3. The van der Waals surface area contributed by atoms with Gasteiger partial charge < -0.3 is 19.5 Å². The number of carbonyl (C=O) groups is 1. The number of aryl methyl sites for hydroxylation is 1. The predicted octanol–water partition coefficient (Wildman–Crippen LogP) is 5.56. The van der Waals surface area contributed by atoms with Crippen LogP contribution in [0.4, 0.5) is 0 Å². The van der Waals surface area contributed by atoms with Crippen LogP contribution in [0.5, 0.6) is 0 Å². The number of carbonyl (C=O) groups excluding carboxylic acids is 1. The van der Waals surface area contributed by atoms with Gasteiger partial charge in [0.15, 0.2) is 6.23 Å². The summed E-state index contributed by atoms with van der Waals surface area (Å²) in [6.07, 6.45) is 1.60. The van der Waals surface area contributed by atoms with Gasteiger partial charge in [-0.05, 0) is 74.4 Å². The number of Topliss-reactive ketones (excluding diaryl/α,β-unsaturated/α-hetero) is 1. The molecule has 1 aromatic heterocycles. The predicted molar refractivity (Wildman–Crippen MR) is 157 cm³/mol. The fraction of sp³-hybridized carbons (Fsp3) is 0.545. The maximum Gasteiger partial charge on any atom is 0.163 e. The molecule has 0 saturated carbocycles. The van der Waals surface area contributed by atoms with Gasteiger partial charge in [0.05, 0.1) is 5.52 Å². The van der Waals surface area contributed by atoms with Crippen molar-refractivity contribution >= 4 is 16.7 Å². The van der Waals surface area contributed by atoms with Crippen LogP contribution in [0.2, 0.25) is 0 Å². The van der Waals surface area contributed by atoms with Gasteiger partial charge in [0.25, 0.3) is 0 Å². The maximum absolute atomic E-state index is 12.6. The molecule has 0 unspecified atom stereocenters. The highest BCUT2D eigenvalue weighted by Crippen LogP contribution is 2.34. The van der Waals surface area contributed by atoms with Crippen molar-refractivity contribution in [2.24, 2.45) is 0 Å². The van der Waals surface area contributed by atoms with Crippen molar-refractivity contribution in [2.75, 3.05) is 13.1 Å². The van der Waals surface area contributed by atoms with E-state index >= 15 is 0 Å². The average molecular weight is 535 g/mol. The van der Waals surface area contributed by atoms with Gasteiger partial charge in [-0.1, -0.05) is 57.2 Å². The van der Waals surface area contributed by atoms with E-state index in [1.54, 1.807) is 0 Å². The van der Waals surface area contributed by atoms with E-state index < -0.39 is 24.5 Å². The molecule has 6 nitrogen and oxygen atoms in total. The Kier molecular flexibility index (Phi) is 9.33. The van der Waals surface area contributed by atoms with Crippen molar-refractivity contribution < 1.29 is 19.7 Å². The Morgan fingerprint density at radius 2 is 1.74 bits per heavy atom. The van der Waals surface area contributed by atoms with E-state index in [1.165, 1.54) is 11.1 Å². The first kappa shape index (κ1) is 29.5. The number of aromatic nitrogens is 1. The quantitative estimate of drug-likeness (QED) is 0.315. The highest BCUT2D eigenvalue weighted by Gasteiger charge is 2.44. The summed E-state index contributed by atoms with van der Waals surface area (Å²) in [7, 11) is 0. The van der Waals surface area contributed by atoms with Gasteiger partial charge in [0.2, 0.25) is 0 Å². The van der Waals surface area contributed by atoms with Gasteiger partial charge in [0, 0.05) is 37.0 Å². The van der Waals surface area contributed by atoms with Crippen LogP contribution >= 0.6 is 0 Å². The van der Waals surface area contributed by atoms with Crippen LogP contribution < -0.4 is 0 Å². The van der Waals surface area contributed by atoms with E-state index in [4.69, 9.17) is 4.74 Å². The molecule has 4 rings (SSSR count). The number of rotatable bonds is 11. The molecule has 6 heteroatoms. The smallest absolute Gasteiger partial charge is 0.163 e. The molecule has 1 fully saturated rings. The minimum Gasteiger partial charge on any atom is -0.387 e. The van der Waals surface area contributed by atoms with Gasteiger partial charge in [-0.2, -0.15) is 0 Å². The topological polar surface area (TPSA) is 74.9 Å². The summed E-state index contributed by atoms with van der Waals surface area (Å²) in [5.41, 5.74) is 4.61. The molecule has 0 radical (unpaired) electrons. The van der Waals surface area contributed by atoms with Gasteiger partial charge in [-0.3, -0.25) is 9.69 Å². The highest BCUT2D eigenvalue weighted by molar-refractivity contribution is 5.83. The Hall–Kier alpha value is -2.51. The zero-order chi connectivity index (χ0) is 28.3. The standard InChI is InChI=1S/C33H46N2O4/c1-22(2)34(18-8-7-11-26(36)20-24-13-15-25(16-14-24)33(4,5)6)21-29-30(37)31(38)32(39-29)35-19-17-27-23(3)10-9-12-28(27)35/h9-10,12-17,19,22,29-32,37-38H,7-8,11,18,20-21H2,1-6H3/t29-,30-,31-,32-/m1/s1. The zero-order valence-electron chi connectivity index (χ0n) is 24.4. The van der Waals surface area contributed by atoms with E-state index in [1.807, 2.05) is 29.0 Å². The SMILES string of the molecule is Cc1cccc2c1ccn2[C@@H]1O[C@H](CN(CCCCC(=O)Cc2ccc(C(C)(C)C)cc2)C(C)C)[C@@H](O)[C@H]1O. The number of hydrogen-bond donors (Lipinski definition) is 2. The average Bonchev–Trinajstić information content (AvgIpc) is 3.42. The molecule has 0 aliphatic carbocycles. The third-order valence-corrected chi connectivity index (χ3v) is 8.11. The number of fused-ring (bicyclic) bond motifs is 1. The van der Waals surface area contributed by atoms with Crippen LogP contribution in [-0.2, 0) is 21.4 Å². The van der Waals surface area contributed by atoms with Crippen LogP contribution in [0, 0.1) is 6.92 Å². The minimum absolute atomic E-state index is 0.110. The Balaban J connectivity index is 1.27. The van der Waals surface area contributed by atoms with Crippen LogP contribution in [0.25, 0.3) is 10.9 Å². The molecule has 2 heterocycles. The molecule has 0 amide bonds. The van der Waals surface area contributed by atoms with Crippen molar-refractivity contribution in [3.63, 3.8) is 0 Å². The summed E-state index contributed by atoms with van der Waals surface area (Å²) in [6.45, 7) is 14.2. The molecule has 2 aromatic carbocycles. The highest BCUT2D eigenvalue weighted by atomic mass is 16.6. The third kappa shape index (κ3) is 6.98. The second-order valence-corrected chi connectivity index (χ2v) is 12.5. The molecule has 4 atom stereocenters. The molecule has 3 aromatic rings. The second-order valence-electron chi connectivity index (χ2n) is 12.5. The van der Waals surface area contributed by atoms with Crippen LogP contribution in [0.1, 0.15) is 76.8 Å². The van der Waals surface area contributed by atoms with Crippen LogP contribution in [-0.4, -0.2) is 62.9 Å². The van der Waals surface area contributed by atoms with Crippen molar-refractivity contribution in [3.05, 3.63) is 71.4 Å². The molecule has 1 saturated heterocycles. The number of unbranched alkanes of at least 4 members (excludes halogenated alkanes) is 1. The van der Waals surface area contributed by atoms with Gasteiger partial charge in [0.1, 0.15) is 24.1 Å². The fourth-order valence-corrected chi connectivity index (χ4v) is 5.54. The molecular formula is C33H46N2O4. The Morgan fingerprint density at radius 1 is 1.03 bits per heavy atom. The lowest BCUT2D eigenvalue weighted by atomic mass is 9.86. The molecule has 1 aliphatic rings. The van der Waals surface area contributed by atoms with E-state index in [0.717, 1.165) is 35.9 Å². The van der Waals surface area contributed by atoms with Crippen molar-refractivity contribution in [3.8, 4) is 0 Å². The summed E-state index contributed by atoms with van der Waals surface area (Å²) < 4.78 is 8.20. The molecule has 1 aliphatic heterocycles. The van der Waals surface area contributed by atoms with Crippen molar-refractivity contribution in [2.45, 2.75) is 103 Å². The zero-order valence-corrected chi connectivity index (χ0v) is 24.4. The van der Waals surface area contributed by atoms with Gasteiger partial charge in [-0.15, -0.1) is 0 Å². The largest absolute Gasteiger partial charge is 0.387 e. The number of nitrogens with zero attached hydrogens (tertiary/aromatic N) is 2. The first-order valence-corrected chi connectivity index (χ1v) is 14.4. The van der Waals surface area contributed by atoms with E-state index in [9.17, 15) is 15.0 Å². The third-order valence-electron chi connectivity index (χ3n) is 8.11. The van der Waals surface area contributed by atoms with Crippen molar-refractivity contribution in [1.82, 2.24) is 9.47 Å². The minimum atomic E-state index is -1.00. The molecule has 2 N–H and O–H groups in total. The lowest BCUT2D eigenvalue weighted by Gasteiger charge is -2.30. The number of benzene rings is 2. The Bertz CT molecular complexity index is 1240. The molecule has 212 valence electrons. The first-order valence-electron chi connectivity index (χ1n) is 14.4. The summed E-state index contributed by atoms with van der Waals surface area (Å²) in [5.74, 6) is 0.268. The fourth-order valence-electron chi connectivity index (χ4n) is 5.54. The lowest BCUT2D eigenvalue weighted by Crippen LogP contribution is -2.43. The number of ketones is 1. The summed E-state index contributed by atoms with van der Waals surface area (Å²) in [4.78, 5) is 14.9. The van der Waals surface area contributed by atoms with Crippen LogP contribution in [0.15, 0.2) is 54.7 Å². The number of aliphatic hydroxyl groups excluding tert-OH is 2. The number of hydrogen-bond acceptors (Lipinski definition) is 5. The normalized spacial score (nSPS) is 21.9. The monoisotopic (exact) mass is 534 g/mol. The van der Waals surface area contributed by atoms with Crippen molar-refractivity contribution in [1.29, 1.82) is 0 Å². The lowest BCUT2D eigenvalue weighted by molar-refractivity contribution is -0.118. The summed E-state index contributed by atoms with van der Waals surface area (Å²) in [6, 6.07) is 16.8. The molecule has 0 spiro atoms. The Labute approximate surface area is 233 Å². The van der Waals surface area contributed by atoms with E-state index in [2.05, 4.69) is 76.8 Å². The van der Waals surface area contributed by atoms with E-state index in [-0.39, 0.29) is 17.2 Å². The van der Waals surface area contributed by atoms with Crippen LogP contribution in [0.3, 0.4) is 0 Å². The first-order chi connectivity index (χ1) is 18.5. The molecule has 39 heavy (non-hydrogen) atoms. The number of aliphatic hydroxyl groups is 2. The maximum atomic E-state index is 12.6. The Morgan fingerprint density at radius 3 is 2.41 bits per heavy atom. The summed E-state index contributed by atoms with van der Waals surface area (Å²) >= 11 is 0. The van der Waals surface area contributed by atoms with Gasteiger partial charge >= 0.3 is 0 Å². The molecular weight excluding hydrogens is 488 g/mol. The van der Waals surface area contributed by atoms with Gasteiger partial charge in [-0.25, -0.2) is 0 Å². The molecule has 0 bridgehead atoms. The number of ether oxygens (including phenoxy) is 1. The summed E-state index contributed by atoms with van der Waals surface area (Å²) in [5, 5.41) is 22.9.